The fraction of sp³-hybridized carbons (Fsp3) is 0.312. The molecule has 2 N–H and O–H groups in total. The lowest BCUT2D eigenvalue weighted by atomic mass is 10.2. The molecule has 0 saturated carbocycles. The van der Waals surface area contributed by atoms with Gasteiger partial charge in [-0.2, -0.15) is 0 Å². The van der Waals surface area contributed by atoms with Crippen LogP contribution in [0.2, 0.25) is 0 Å². The van der Waals surface area contributed by atoms with Crippen molar-refractivity contribution in [3.8, 4) is 5.75 Å². The molecule has 0 aliphatic heterocycles. The second kappa shape index (κ2) is 7.60. The molecule has 128 valence electrons. The second-order valence-electron chi connectivity index (χ2n) is 5.46. The largest absolute Gasteiger partial charge is 0.495 e. The van der Waals surface area contributed by atoms with E-state index in [4.69, 9.17) is 9.15 Å². The number of carbonyl (C=O) groups is 1. The van der Waals surface area contributed by atoms with Gasteiger partial charge in [0, 0.05) is 12.1 Å². The Morgan fingerprint density at radius 3 is 2.79 bits per heavy atom. The lowest BCUT2D eigenvalue weighted by molar-refractivity contribution is -0.908. The number of carbonyl (C=O) groups excluding carboxylic acids is 1. The number of benzene rings is 1. The Morgan fingerprint density at radius 1 is 1.46 bits per heavy atom. The summed E-state index contributed by atoms with van der Waals surface area (Å²) >= 11 is 0. The third kappa shape index (κ3) is 4.11. The van der Waals surface area contributed by atoms with Gasteiger partial charge in [-0.05, 0) is 25.1 Å². The van der Waals surface area contributed by atoms with Crippen molar-refractivity contribution < 1.29 is 23.8 Å². The number of hydrogen-bond donors (Lipinski definition) is 2. The van der Waals surface area contributed by atoms with Crippen LogP contribution in [0.5, 0.6) is 5.75 Å². The van der Waals surface area contributed by atoms with E-state index in [1.165, 1.54) is 25.3 Å². The zero-order valence-corrected chi connectivity index (χ0v) is 13.7. The molecule has 1 unspecified atom stereocenters. The average Bonchev–Trinajstić information content (AvgIpc) is 3.06. The minimum absolute atomic E-state index is 0.116. The molecule has 1 aromatic carbocycles. The van der Waals surface area contributed by atoms with Gasteiger partial charge in [0.05, 0.1) is 31.0 Å². The third-order valence-corrected chi connectivity index (χ3v) is 3.82. The summed E-state index contributed by atoms with van der Waals surface area (Å²) in [4.78, 5) is 23.7. The van der Waals surface area contributed by atoms with Crippen molar-refractivity contribution in [1.82, 2.24) is 0 Å². The minimum Gasteiger partial charge on any atom is -0.495 e. The SMILES string of the molecule is COc1ccc([N+](=O)[O-])cc1NC(=O)[C@H](C)[NH+](C)Cc1ccco1. The normalized spacial score (nSPS) is 13.1. The number of nitro benzene ring substituents is 1. The van der Waals surface area contributed by atoms with Gasteiger partial charge < -0.3 is 19.4 Å². The highest BCUT2D eigenvalue weighted by atomic mass is 16.6. The molecule has 1 heterocycles. The molecule has 1 aromatic heterocycles. The van der Waals surface area contributed by atoms with Crippen molar-refractivity contribution in [2.75, 3.05) is 19.5 Å². The standard InChI is InChI=1S/C16H19N3O5/c1-11(18(2)10-13-5-4-8-24-13)16(20)17-14-9-12(19(21)22)6-7-15(14)23-3/h4-9,11H,10H2,1-3H3,(H,17,20)/p+1/t11-/m0/s1. The highest BCUT2D eigenvalue weighted by Crippen LogP contribution is 2.28. The van der Waals surface area contributed by atoms with Gasteiger partial charge in [0.15, 0.2) is 11.8 Å². The third-order valence-electron chi connectivity index (χ3n) is 3.82. The van der Waals surface area contributed by atoms with E-state index in [1.807, 2.05) is 13.1 Å². The van der Waals surface area contributed by atoms with Gasteiger partial charge in [-0.15, -0.1) is 0 Å². The van der Waals surface area contributed by atoms with Crippen LogP contribution in [0.25, 0.3) is 0 Å². The number of quaternary nitrogens is 1. The minimum atomic E-state index is -0.521. The maximum atomic E-state index is 12.4. The van der Waals surface area contributed by atoms with Crippen LogP contribution in [0.4, 0.5) is 11.4 Å². The van der Waals surface area contributed by atoms with Gasteiger partial charge in [0.1, 0.15) is 12.3 Å². The topological polar surface area (TPSA) is 99.0 Å². The predicted molar refractivity (Wildman–Crippen MR) is 87.0 cm³/mol. The fourth-order valence-corrected chi connectivity index (χ4v) is 2.21. The summed E-state index contributed by atoms with van der Waals surface area (Å²) in [5, 5.41) is 13.6. The molecule has 24 heavy (non-hydrogen) atoms. The number of hydrogen-bond acceptors (Lipinski definition) is 5. The summed E-state index contributed by atoms with van der Waals surface area (Å²) in [6, 6.07) is 7.31. The molecule has 2 atom stereocenters. The molecule has 0 aliphatic carbocycles. The Balaban J connectivity index is 2.10. The monoisotopic (exact) mass is 334 g/mol. The molecule has 2 rings (SSSR count). The Hall–Kier alpha value is -2.87. The van der Waals surface area contributed by atoms with Crippen molar-refractivity contribution in [3.05, 3.63) is 52.5 Å². The van der Waals surface area contributed by atoms with Crippen LogP contribution in [0.3, 0.4) is 0 Å². The van der Waals surface area contributed by atoms with Gasteiger partial charge >= 0.3 is 0 Å². The van der Waals surface area contributed by atoms with Crippen molar-refractivity contribution in [1.29, 1.82) is 0 Å². The molecule has 1 amide bonds. The summed E-state index contributed by atoms with van der Waals surface area (Å²) in [5.41, 5.74) is 0.157. The van der Waals surface area contributed by atoms with Crippen LogP contribution in [-0.2, 0) is 11.3 Å². The van der Waals surface area contributed by atoms with Gasteiger partial charge in [-0.1, -0.05) is 0 Å². The number of anilines is 1. The van der Waals surface area contributed by atoms with Crippen molar-refractivity contribution in [2.24, 2.45) is 0 Å². The first-order chi connectivity index (χ1) is 11.4. The van der Waals surface area contributed by atoms with Crippen LogP contribution < -0.4 is 15.0 Å². The molecule has 0 radical (unpaired) electrons. The van der Waals surface area contributed by atoms with E-state index in [1.54, 1.807) is 19.3 Å². The van der Waals surface area contributed by atoms with E-state index in [-0.39, 0.29) is 23.3 Å². The Morgan fingerprint density at radius 2 is 2.21 bits per heavy atom. The number of nitrogens with zero attached hydrogens (tertiary/aromatic N) is 1. The van der Waals surface area contributed by atoms with E-state index in [2.05, 4.69) is 5.32 Å². The highest BCUT2D eigenvalue weighted by Gasteiger charge is 2.24. The maximum absolute atomic E-state index is 12.4. The number of ether oxygens (including phenoxy) is 1. The first kappa shape index (κ1) is 17.5. The first-order valence-electron chi connectivity index (χ1n) is 7.40. The molecular weight excluding hydrogens is 314 g/mol. The molecular formula is C16H20N3O5+. The van der Waals surface area contributed by atoms with Gasteiger partial charge in [-0.25, -0.2) is 0 Å². The maximum Gasteiger partial charge on any atom is 0.282 e. The summed E-state index contributed by atoms with van der Waals surface area (Å²) in [6.45, 7) is 2.32. The molecule has 8 nitrogen and oxygen atoms in total. The number of rotatable bonds is 7. The Kier molecular flexibility index (Phi) is 5.54. The number of furan rings is 1. The van der Waals surface area contributed by atoms with Crippen LogP contribution in [0, 0.1) is 10.1 Å². The second-order valence-corrected chi connectivity index (χ2v) is 5.46. The summed E-state index contributed by atoms with van der Waals surface area (Å²) in [5.74, 6) is 0.878. The van der Waals surface area contributed by atoms with E-state index < -0.39 is 4.92 Å². The number of likely N-dealkylation sites (N-methyl/N-ethyl adjacent to an activating group) is 1. The van der Waals surface area contributed by atoms with Gasteiger partial charge in [0.2, 0.25) is 0 Å². The zero-order valence-electron chi connectivity index (χ0n) is 13.7. The number of nitrogens with one attached hydrogen (secondary N) is 2. The van der Waals surface area contributed by atoms with Crippen molar-refractivity contribution in [2.45, 2.75) is 19.5 Å². The lowest BCUT2D eigenvalue weighted by Gasteiger charge is -2.20. The van der Waals surface area contributed by atoms with Gasteiger partial charge in [0.25, 0.3) is 11.6 Å². The predicted octanol–water partition coefficient (Wildman–Crippen LogP) is 1.24. The molecule has 0 saturated heterocycles. The Bertz CT molecular complexity index is 715. The van der Waals surface area contributed by atoms with E-state index in [0.29, 0.717) is 12.3 Å². The quantitative estimate of drug-likeness (QED) is 0.586. The highest BCUT2D eigenvalue weighted by molar-refractivity contribution is 5.95. The zero-order chi connectivity index (χ0) is 17.7. The molecule has 0 aliphatic rings. The van der Waals surface area contributed by atoms with E-state index >= 15 is 0 Å². The van der Waals surface area contributed by atoms with E-state index in [0.717, 1.165) is 10.7 Å². The van der Waals surface area contributed by atoms with E-state index in [9.17, 15) is 14.9 Å². The number of nitro groups is 1. The number of amides is 1. The lowest BCUT2D eigenvalue weighted by Crippen LogP contribution is -3.12. The molecule has 8 heteroatoms. The molecule has 0 bridgehead atoms. The molecule has 2 aromatic rings. The van der Waals surface area contributed by atoms with Crippen molar-refractivity contribution >= 4 is 17.3 Å². The smallest absolute Gasteiger partial charge is 0.282 e. The van der Waals surface area contributed by atoms with Crippen LogP contribution in [-0.4, -0.2) is 31.0 Å². The van der Waals surface area contributed by atoms with Crippen LogP contribution in [0.15, 0.2) is 41.0 Å². The van der Waals surface area contributed by atoms with Crippen LogP contribution in [0.1, 0.15) is 12.7 Å². The number of methoxy groups -OCH3 is 1. The molecule has 0 fully saturated rings. The fourth-order valence-electron chi connectivity index (χ4n) is 2.21. The summed E-state index contributed by atoms with van der Waals surface area (Å²) in [7, 11) is 3.31. The first-order valence-corrected chi connectivity index (χ1v) is 7.40. The van der Waals surface area contributed by atoms with Gasteiger partial charge in [-0.3, -0.25) is 14.9 Å². The summed E-state index contributed by atoms with van der Waals surface area (Å²) < 4.78 is 10.4. The average molecular weight is 334 g/mol. The molecule has 0 spiro atoms. The summed E-state index contributed by atoms with van der Waals surface area (Å²) in [6.07, 6.45) is 1.58. The van der Waals surface area contributed by atoms with Crippen molar-refractivity contribution in [3.63, 3.8) is 0 Å². The Labute approximate surface area is 139 Å². The number of non-ortho nitro benzene ring substituents is 1. The van der Waals surface area contributed by atoms with Crippen LogP contribution >= 0.6 is 0 Å².